The third kappa shape index (κ3) is 3.27. The summed E-state index contributed by atoms with van der Waals surface area (Å²) in [5.41, 5.74) is 0.679. The Bertz CT molecular complexity index is 748. The summed E-state index contributed by atoms with van der Waals surface area (Å²) in [6.45, 7) is 0.234. The minimum atomic E-state index is -0.997. The Morgan fingerprint density at radius 1 is 1.12 bits per heavy atom. The highest BCUT2D eigenvalue weighted by atomic mass is 35.5. The second kappa shape index (κ2) is 7.09. The fraction of sp³-hybridized carbons (Fsp3) is 0.278. The van der Waals surface area contributed by atoms with Crippen LogP contribution in [0.15, 0.2) is 42.5 Å². The molecule has 1 amide bonds. The largest absolute Gasteiger partial charge is 0.388 e. The van der Waals surface area contributed by atoms with E-state index in [1.165, 1.54) is 11.0 Å². The molecule has 0 unspecified atom stereocenters. The van der Waals surface area contributed by atoms with Gasteiger partial charge in [-0.3, -0.25) is 4.79 Å². The van der Waals surface area contributed by atoms with E-state index in [-0.39, 0.29) is 30.4 Å². The van der Waals surface area contributed by atoms with Crippen LogP contribution in [-0.4, -0.2) is 17.6 Å². The molecule has 3 rings (SSSR count). The van der Waals surface area contributed by atoms with Crippen LogP contribution in [0.2, 0.25) is 10.0 Å². The van der Waals surface area contributed by atoms with Gasteiger partial charge in [-0.1, -0.05) is 47.5 Å². The van der Waals surface area contributed by atoms with Crippen molar-refractivity contribution < 1.29 is 14.3 Å². The van der Waals surface area contributed by atoms with Gasteiger partial charge in [-0.25, -0.2) is 4.39 Å². The number of benzene rings is 2. The average Bonchev–Trinajstić information content (AvgIpc) is 2.56. The van der Waals surface area contributed by atoms with Crippen LogP contribution in [0.3, 0.4) is 0 Å². The minimum Gasteiger partial charge on any atom is -0.388 e. The zero-order valence-electron chi connectivity index (χ0n) is 12.8. The highest BCUT2D eigenvalue weighted by Gasteiger charge is 2.34. The SMILES string of the molecule is O=C1CC[C@H]([C@H](O)c2ccccc2F)CN1c1c(Cl)cccc1Cl. The number of anilines is 1. The standard InChI is InChI=1S/C18H16Cl2FNO2/c19-13-5-3-6-14(20)17(13)22-10-11(8-9-16(22)23)18(24)12-4-1-2-7-15(12)21/h1-7,11,18,24H,8-10H2/t11-,18-/m0/s1. The lowest BCUT2D eigenvalue weighted by Gasteiger charge is -2.36. The fourth-order valence-corrected chi connectivity index (χ4v) is 3.66. The molecule has 2 aromatic rings. The van der Waals surface area contributed by atoms with Crippen molar-refractivity contribution in [2.75, 3.05) is 11.4 Å². The molecular weight excluding hydrogens is 352 g/mol. The van der Waals surface area contributed by atoms with E-state index in [2.05, 4.69) is 0 Å². The number of para-hydroxylation sites is 1. The van der Waals surface area contributed by atoms with Gasteiger partial charge in [0.15, 0.2) is 0 Å². The molecule has 0 radical (unpaired) electrons. The number of hydrogen-bond donors (Lipinski definition) is 1. The fourth-order valence-electron chi connectivity index (χ4n) is 3.06. The number of aliphatic hydroxyl groups excluding tert-OH is 1. The Kier molecular flexibility index (Phi) is 5.09. The van der Waals surface area contributed by atoms with Gasteiger partial charge < -0.3 is 10.0 Å². The summed E-state index contributed by atoms with van der Waals surface area (Å²) in [7, 11) is 0. The van der Waals surface area contributed by atoms with Crippen LogP contribution >= 0.6 is 23.2 Å². The van der Waals surface area contributed by atoms with Crippen LogP contribution < -0.4 is 4.90 Å². The number of piperidine rings is 1. The number of nitrogens with zero attached hydrogens (tertiary/aromatic N) is 1. The molecule has 1 aliphatic heterocycles. The predicted octanol–water partition coefficient (Wildman–Crippen LogP) is 4.61. The molecule has 0 aliphatic carbocycles. The molecule has 0 bridgehead atoms. The monoisotopic (exact) mass is 367 g/mol. The van der Waals surface area contributed by atoms with Crippen molar-refractivity contribution in [3.8, 4) is 0 Å². The maximum absolute atomic E-state index is 13.9. The summed E-state index contributed by atoms with van der Waals surface area (Å²) >= 11 is 12.4. The smallest absolute Gasteiger partial charge is 0.227 e. The molecule has 1 N–H and O–H groups in total. The first-order valence-corrected chi connectivity index (χ1v) is 8.41. The lowest BCUT2D eigenvalue weighted by Crippen LogP contribution is -2.42. The maximum Gasteiger partial charge on any atom is 0.227 e. The Hall–Kier alpha value is -1.62. The van der Waals surface area contributed by atoms with Crippen molar-refractivity contribution in [3.63, 3.8) is 0 Å². The summed E-state index contributed by atoms with van der Waals surface area (Å²) < 4.78 is 13.9. The quantitative estimate of drug-likeness (QED) is 0.860. The molecule has 1 heterocycles. The maximum atomic E-state index is 13.9. The normalized spacial score (nSPS) is 19.4. The Morgan fingerprint density at radius 3 is 2.46 bits per heavy atom. The van der Waals surface area contributed by atoms with Crippen molar-refractivity contribution in [2.24, 2.45) is 5.92 Å². The first-order chi connectivity index (χ1) is 11.5. The van der Waals surface area contributed by atoms with Crippen LogP contribution in [0.25, 0.3) is 0 Å². The minimum absolute atomic E-state index is 0.109. The molecule has 0 spiro atoms. The molecule has 6 heteroatoms. The van der Waals surface area contributed by atoms with E-state index in [9.17, 15) is 14.3 Å². The molecule has 2 atom stereocenters. The lowest BCUT2D eigenvalue weighted by molar-refractivity contribution is -0.120. The number of carbonyl (C=O) groups excluding carboxylic acids is 1. The highest BCUT2D eigenvalue weighted by Crippen LogP contribution is 2.39. The van der Waals surface area contributed by atoms with Crippen molar-refractivity contribution in [3.05, 3.63) is 63.9 Å². The van der Waals surface area contributed by atoms with Gasteiger partial charge in [-0.2, -0.15) is 0 Å². The third-order valence-electron chi connectivity index (χ3n) is 4.32. The first-order valence-electron chi connectivity index (χ1n) is 7.66. The number of amides is 1. The Morgan fingerprint density at radius 2 is 1.79 bits per heavy atom. The van der Waals surface area contributed by atoms with Crippen molar-refractivity contribution in [1.82, 2.24) is 0 Å². The van der Waals surface area contributed by atoms with Crippen LogP contribution in [-0.2, 0) is 4.79 Å². The second-order valence-electron chi connectivity index (χ2n) is 5.84. The Balaban J connectivity index is 1.89. The molecule has 126 valence electrons. The lowest BCUT2D eigenvalue weighted by atomic mass is 9.88. The molecule has 24 heavy (non-hydrogen) atoms. The van der Waals surface area contributed by atoms with E-state index in [1.807, 2.05) is 0 Å². The van der Waals surface area contributed by atoms with Gasteiger partial charge in [0.1, 0.15) is 5.82 Å². The van der Waals surface area contributed by atoms with Crippen molar-refractivity contribution in [2.45, 2.75) is 18.9 Å². The number of carbonyl (C=O) groups is 1. The summed E-state index contributed by atoms with van der Waals surface area (Å²) in [6, 6.07) is 11.1. The summed E-state index contributed by atoms with van der Waals surface area (Å²) in [5, 5.41) is 11.3. The second-order valence-corrected chi connectivity index (χ2v) is 6.65. The molecule has 0 aromatic heterocycles. The van der Waals surface area contributed by atoms with Gasteiger partial charge in [0, 0.05) is 24.4 Å². The average molecular weight is 368 g/mol. The molecular formula is C18H16Cl2FNO2. The zero-order chi connectivity index (χ0) is 17.3. The van der Waals surface area contributed by atoms with Crippen LogP contribution in [0.1, 0.15) is 24.5 Å². The van der Waals surface area contributed by atoms with E-state index in [0.29, 0.717) is 22.2 Å². The number of hydrogen-bond acceptors (Lipinski definition) is 2. The van der Waals surface area contributed by atoms with Gasteiger partial charge in [-0.15, -0.1) is 0 Å². The summed E-state index contributed by atoms with van der Waals surface area (Å²) in [4.78, 5) is 13.8. The molecule has 1 saturated heterocycles. The molecule has 0 saturated carbocycles. The molecule has 2 aromatic carbocycles. The highest BCUT2D eigenvalue weighted by molar-refractivity contribution is 6.39. The number of halogens is 3. The Labute approximate surface area is 149 Å². The predicted molar refractivity (Wildman–Crippen MR) is 92.9 cm³/mol. The van der Waals surface area contributed by atoms with Crippen LogP contribution in [0, 0.1) is 11.7 Å². The van der Waals surface area contributed by atoms with Crippen LogP contribution in [0.5, 0.6) is 0 Å². The van der Waals surface area contributed by atoms with E-state index >= 15 is 0 Å². The van der Waals surface area contributed by atoms with E-state index in [4.69, 9.17) is 23.2 Å². The van der Waals surface area contributed by atoms with Gasteiger partial charge in [0.25, 0.3) is 0 Å². The first kappa shape index (κ1) is 17.2. The van der Waals surface area contributed by atoms with Gasteiger partial charge in [-0.05, 0) is 24.6 Å². The van der Waals surface area contributed by atoms with E-state index < -0.39 is 11.9 Å². The molecule has 1 fully saturated rings. The zero-order valence-corrected chi connectivity index (χ0v) is 14.3. The van der Waals surface area contributed by atoms with Gasteiger partial charge in [0.05, 0.1) is 21.8 Å². The van der Waals surface area contributed by atoms with Crippen molar-refractivity contribution in [1.29, 1.82) is 0 Å². The van der Waals surface area contributed by atoms with Gasteiger partial charge in [0.2, 0.25) is 5.91 Å². The van der Waals surface area contributed by atoms with Crippen LogP contribution in [0.4, 0.5) is 10.1 Å². The summed E-state index contributed by atoms with van der Waals surface area (Å²) in [6.07, 6.45) is -0.270. The van der Waals surface area contributed by atoms with Crippen molar-refractivity contribution >= 4 is 34.8 Å². The summed E-state index contributed by atoms with van der Waals surface area (Å²) in [5.74, 6) is -0.863. The molecule has 1 aliphatic rings. The molecule has 3 nitrogen and oxygen atoms in total. The van der Waals surface area contributed by atoms with E-state index in [0.717, 1.165) is 0 Å². The number of aliphatic hydroxyl groups is 1. The topological polar surface area (TPSA) is 40.5 Å². The third-order valence-corrected chi connectivity index (χ3v) is 4.93. The van der Waals surface area contributed by atoms with E-state index in [1.54, 1.807) is 36.4 Å². The van der Waals surface area contributed by atoms with Gasteiger partial charge >= 0.3 is 0 Å². The number of rotatable bonds is 3.